The molecule has 216 valence electrons. The molecule has 0 spiro atoms. The van der Waals surface area contributed by atoms with Crippen molar-refractivity contribution in [1.29, 1.82) is 0 Å². The molecule has 2 aromatic carbocycles. The van der Waals surface area contributed by atoms with E-state index in [1.54, 1.807) is 17.8 Å². The Balaban J connectivity index is 1.43. The van der Waals surface area contributed by atoms with Gasteiger partial charge < -0.3 is 19.4 Å². The number of thiazole rings is 1. The highest BCUT2D eigenvalue weighted by atomic mass is 32.1. The Kier molecular flexibility index (Phi) is 7.60. The molecule has 6 rings (SSSR count). The van der Waals surface area contributed by atoms with Crippen molar-refractivity contribution in [3.05, 3.63) is 108 Å². The van der Waals surface area contributed by atoms with Crippen LogP contribution in [-0.4, -0.2) is 30.7 Å². The van der Waals surface area contributed by atoms with E-state index in [1.807, 2.05) is 75.4 Å². The second kappa shape index (κ2) is 11.5. The number of hydrogen-bond donors (Lipinski definition) is 1. The molecule has 1 amide bonds. The highest BCUT2D eigenvalue weighted by molar-refractivity contribution is 7.07. The van der Waals surface area contributed by atoms with Crippen LogP contribution in [0.25, 0.3) is 6.08 Å². The van der Waals surface area contributed by atoms with Crippen molar-refractivity contribution < 1.29 is 13.9 Å². The zero-order valence-corrected chi connectivity index (χ0v) is 25.1. The number of carbonyl (C=O) groups excluding carboxylic acids is 1. The van der Waals surface area contributed by atoms with Crippen LogP contribution in [0.3, 0.4) is 0 Å². The average molecular weight is 583 g/mol. The third kappa shape index (κ3) is 5.32. The number of methoxy groups -OCH3 is 1. The predicted octanol–water partition coefficient (Wildman–Crippen LogP) is 5.08. The van der Waals surface area contributed by atoms with Gasteiger partial charge in [-0.15, -0.1) is 0 Å². The van der Waals surface area contributed by atoms with Crippen LogP contribution >= 0.6 is 11.3 Å². The van der Waals surface area contributed by atoms with E-state index in [9.17, 15) is 9.59 Å². The first-order valence-electron chi connectivity index (χ1n) is 14.2. The van der Waals surface area contributed by atoms with Gasteiger partial charge in [-0.25, -0.2) is 4.99 Å². The van der Waals surface area contributed by atoms with E-state index in [0.29, 0.717) is 32.1 Å². The third-order valence-corrected chi connectivity index (χ3v) is 8.86. The summed E-state index contributed by atoms with van der Waals surface area (Å²) < 4.78 is 13.6. The molecule has 9 heteroatoms. The number of nitrogens with one attached hydrogen (secondary N) is 1. The molecule has 4 heterocycles. The minimum atomic E-state index is -0.666. The van der Waals surface area contributed by atoms with Gasteiger partial charge in [-0.1, -0.05) is 41.2 Å². The summed E-state index contributed by atoms with van der Waals surface area (Å²) in [6, 6.07) is 16.5. The van der Waals surface area contributed by atoms with Gasteiger partial charge in [-0.3, -0.25) is 14.2 Å². The van der Waals surface area contributed by atoms with Crippen LogP contribution in [0.5, 0.6) is 5.75 Å². The zero-order valence-electron chi connectivity index (χ0n) is 24.3. The fraction of sp³-hybridized carbons (Fsp3) is 0.303. The molecule has 8 nitrogen and oxygen atoms in total. The maximum absolute atomic E-state index is 14.0. The Bertz CT molecular complexity index is 1860. The van der Waals surface area contributed by atoms with Gasteiger partial charge in [-0.2, -0.15) is 0 Å². The Hall–Kier alpha value is -4.37. The number of aromatic nitrogens is 1. The van der Waals surface area contributed by atoms with Gasteiger partial charge in [0.05, 0.1) is 29.0 Å². The van der Waals surface area contributed by atoms with Crippen molar-refractivity contribution in [2.45, 2.75) is 46.1 Å². The second-order valence-corrected chi connectivity index (χ2v) is 11.9. The van der Waals surface area contributed by atoms with E-state index in [0.717, 1.165) is 54.2 Å². The first-order valence-corrected chi connectivity index (χ1v) is 15.0. The fourth-order valence-electron chi connectivity index (χ4n) is 5.69. The number of amides is 1. The fourth-order valence-corrected chi connectivity index (χ4v) is 6.72. The smallest absolute Gasteiger partial charge is 0.271 e. The van der Waals surface area contributed by atoms with Crippen molar-refractivity contribution in [3.63, 3.8) is 0 Å². The quantitative estimate of drug-likeness (QED) is 0.343. The molecular weight excluding hydrogens is 548 g/mol. The number of carbonyl (C=O) groups is 1. The molecule has 2 aliphatic heterocycles. The van der Waals surface area contributed by atoms with Crippen LogP contribution in [0.1, 0.15) is 54.7 Å². The molecule has 1 atom stereocenters. The average Bonchev–Trinajstić information content (AvgIpc) is 3.58. The largest absolute Gasteiger partial charge is 0.497 e. The van der Waals surface area contributed by atoms with Crippen LogP contribution in [0.4, 0.5) is 11.6 Å². The van der Waals surface area contributed by atoms with E-state index in [-0.39, 0.29) is 11.5 Å². The summed E-state index contributed by atoms with van der Waals surface area (Å²) in [6.07, 6.45) is 5.32. The van der Waals surface area contributed by atoms with Crippen LogP contribution in [0.2, 0.25) is 0 Å². The lowest BCUT2D eigenvalue weighted by molar-refractivity contribution is -0.113. The molecule has 2 aromatic heterocycles. The standard InChI is InChI=1S/C33H34N4O4S/c1-20-8-14-26(21(2)18-20)35-31(38)29-22(3)34-33-37(30(29)23-9-11-24(40-4)12-10-23)32(39)27(42-33)19-25-13-15-28(41-25)36-16-6-5-7-17-36/h8-15,18-19,30H,5-7,16-17H2,1-4H3,(H,35,38)/b27-19+/t30-/m1/s1. The van der Waals surface area contributed by atoms with Gasteiger partial charge in [0, 0.05) is 30.9 Å². The number of anilines is 2. The number of benzene rings is 2. The lowest BCUT2D eigenvalue weighted by atomic mass is 9.95. The van der Waals surface area contributed by atoms with Crippen LogP contribution in [0.15, 0.2) is 80.1 Å². The second-order valence-electron chi connectivity index (χ2n) is 10.9. The topological polar surface area (TPSA) is 89.1 Å². The number of furan rings is 1. The van der Waals surface area contributed by atoms with Crippen LogP contribution in [0, 0.1) is 13.8 Å². The first-order chi connectivity index (χ1) is 20.3. The van der Waals surface area contributed by atoms with E-state index >= 15 is 0 Å². The Morgan fingerprint density at radius 1 is 1.05 bits per heavy atom. The molecule has 1 fully saturated rings. The molecule has 0 bridgehead atoms. The normalized spacial score (nSPS) is 17.2. The lowest BCUT2D eigenvalue weighted by Crippen LogP contribution is -2.40. The number of rotatable bonds is 6. The van der Waals surface area contributed by atoms with Gasteiger partial charge in [0.25, 0.3) is 11.5 Å². The molecule has 42 heavy (non-hydrogen) atoms. The number of allylic oxidation sites excluding steroid dienone is 1. The Labute approximate surface area is 248 Å². The van der Waals surface area contributed by atoms with Gasteiger partial charge in [0.1, 0.15) is 11.5 Å². The van der Waals surface area contributed by atoms with Gasteiger partial charge in [0.2, 0.25) is 0 Å². The Morgan fingerprint density at radius 3 is 2.52 bits per heavy atom. The first kappa shape index (κ1) is 27.8. The monoisotopic (exact) mass is 582 g/mol. The number of hydrogen-bond acceptors (Lipinski definition) is 7. The van der Waals surface area contributed by atoms with E-state index in [1.165, 1.54) is 17.8 Å². The lowest BCUT2D eigenvalue weighted by Gasteiger charge is -2.25. The van der Waals surface area contributed by atoms with Crippen molar-refractivity contribution in [1.82, 2.24) is 4.57 Å². The molecule has 0 aliphatic carbocycles. The van der Waals surface area contributed by atoms with Crippen molar-refractivity contribution in [3.8, 4) is 5.75 Å². The molecule has 0 radical (unpaired) electrons. The molecule has 0 saturated carbocycles. The van der Waals surface area contributed by atoms with Gasteiger partial charge in [-0.05, 0) is 75.4 Å². The van der Waals surface area contributed by atoms with E-state index < -0.39 is 6.04 Å². The highest BCUT2D eigenvalue weighted by Crippen LogP contribution is 2.32. The summed E-state index contributed by atoms with van der Waals surface area (Å²) in [7, 11) is 1.61. The molecule has 4 aromatic rings. The number of fused-ring (bicyclic) bond motifs is 1. The summed E-state index contributed by atoms with van der Waals surface area (Å²) in [5.41, 5.74) is 4.35. The van der Waals surface area contributed by atoms with E-state index in [4.69, 9.17) is 14.1 Å². The van der Waals surface area contributed by atoms with Crippen molar-refractivity contribution >= 4 is 34.9 Å². The van der Waals surface area contributed by atoms with Gasteiger partial charge in [0.15, 0.2) is 10.7 Å². The minimum Gasteiger partial charge on any atom is -0.497 e. The number of piperidine rings is 1. The van der Waals surface area contributed by atoms with Crippen LogP contribution in [-0.2, 0) is 4.79 Å². The number of nitrogens with zero attached hydrogens (tertiary/aromatic N) is 3. The summed E-state index contributed by atoms with van der Waals surface area (Å²) in [6.45, 7) is 7.75. The molecular formula is C33H34N4O4S. The SMILES string of the molecule is COc1ccc([C@@H]2C(C(=O)Nc3ccc(C)cc3C)=C(C)N=c3s/c(=C/c4ccc(N5CCCCC5)o4)c(=O)n32)cc1. The van der Waals surface area contributed by atoms with E-state index in [2.05, 4.69) is 10.2 Å². The summed E-state index contributed by atoms with van der Waals surface area (Å²) in [4.78, 5) is 35.4. The van der Waals surface area contributed by atoms with Crippen LogP contribution < -0.4 is 29.8 Å². The highest BCUT2D eigenvalue weighted by Gasteiger charge is 2.33. The minimum absolute atomic E-state index is 0.222. The molecule has 1 N–H and O–H groups in total. The maximum Gasteiger partial charge on any atom is 0.271 e. The van der Waals surface area contributed by atoms with Gasteiger partial charge >= 0.3 is 0 Å². The predicted molar refractivity (Wildman–Crippen MR) is 166 cm³/mol. The molecule has 2 aliphatic rings. The van der Waals surface area contributed by atoms with Crippen molar-refractivity contribution in [2.24, 2.45) is 4.99 Å². The van der Waals surface area contributed by atoms with Crippen molar-refractivity contribution in [2.75, 3.05) is 30.4 Å². The molecule has 0 unspecified atom stereocenters. The number of aryl methyl sites for hydroxylation is 2. The summed E-state index contributed by atoms with van der Waals surface area (Å²) >= 11 is 1.30. The zero-order chi connectivity index (χ0) is 29.4. The number of ether oxygens (including phenoxy) is 1. The Morgan fingerprint density at radius 2 is 1.81 bits per heavy atom. The third-order valence-electron chi connectivity index (χ3n) is 7.88. The summed E-state index contributed by atoms with van der Waals surface area (Å²) in [5.74, 6) is 1.84. The maximum atomic E-state index is 14.0. The molecule has 1 saturated heterocycles. The summed E-state index contributed by atoms with van der Waals surface area (Å²) in [5, 5.41) is 3.07.